The number of nitrogens with one attached hydrogen (secondary N) is 1. The molecule has 1 N–H and O–H groups in total. The first-order valence-corrected chi connectivity index (χ1v) is 10.8. The van der Waals surface area contributed by atoms with Crippen LogP contribution in [0, 0.1) is 0 Å². The average molecular weight is 446 g/mol. The molecule has 0 radical (unpaired) electrons. The third-order valence-corrected chi connectivity index (χ3v) is 5.71. The number of hydrogen-bond donors (Lipinski definition) is 1. The SMILES string of the molecule is COc1cc(OC)cc(C(=O)Nc2ccccc2C(=O)N2CCN(c3ccccc3)CC2)c1. The molecule has 7 heteroatoms. The van der Waals surface area contributed by atoms with E-state index in [1.165, 1.54) is 14.2 Å². The van der Waals surface area contributed by atoms with Crippen molar-refractivity contribution in [3.63, 3.8) is 0 Å². The molecule has 1 saturated heterocycles. The molecule has 2 amide bonds. The van der Waals surface area contributed by atoms with Crippen molar-refractivity contribution in [3.05, 3.63) is 83.9 Å². The van der Waals surface area contributed by atoms with Crippen molar-refractivity contribution in [2.45, 2.75) is 0 Å². The van der Waals surface area contributed by atoms with Gasteiger partial charge in [0.1, 0.15) is 11.5 Å². The van der Waals surface area contributed by atoms with Gasteiger partial charge in [0, 0.05) is 43.5 Å². The van der Waals surface area contributed by atoms with Crippen LogP contribution in [0.2, 0.25) is 0 Å². The van der Waals surface area contributed by atoms with E-state index >= 15 is 0 Å². The molecule has 1 fully saturated rings. The van der Waals surface area contributed by atoms with Gasteiger partial charge in [0.2, 0.25) is 0 Å². The van der Waals surface area contributed by atoms with Gasteiger partial charge < -0.3 is 24.6 Å². The van der Waals surface area contributed by atoms with Crippen LogP contribution in [0.25, 0.3) is 0 Å². The molecule has 0 spiro atoms. The lowest BCUT2D eigenvalue weighted by atomic mass is 10.1. The first kappa shape index (κ1) is 22.2. The second-order valence-corrected chi connectivity index (χ2v) is 7.72. The van der Waals surface area contributed by atoms with Gasteiger partial charge in [0.25, 0.3) is 11.8 Å². The van der Waals surface area contributed by atoms with E-state index in [1.54, 1.807) is 42.5 Å². The second-order valence-electron chi connectivity index (χ2n) is 7.72. The maximum atomic E-state index is 13.3. The van der Waals surface area contributed by atoms with Crippen LogP contribution < -0.4 is 19.7 Å². The van der Waals surface area contributed by atoms with Crippen LogP contribution in [0.1, 0.15) is 20.7 Å². The van der Waals surface area contributed by atoms with Crippen molar-refractivity contribution < 1.29 is 19.1 Å². The Labute approximate surface area is 193 Å². The van der Waals surface area contributed by atoms with Gasteiger partial charge in [-0.2, -0.15) is 0 Å². The number of anilines is 2. The lowest BCUT2D eigenvalue weighted by Crippen LogP contribution is -2.48. The Balaban J connectivity index is 1.48. The fourth-order valence-electron chi connectivity index (χ4n) is 3.89. The van der Waals surface area contributed by atoms with Gasteiger partial charge in [-0.05, 0) is 36.4 Å². The van der Waals surface area contributed by atoms with Gasteiger partial charge in [0.05, 0.1) is 25.5 Å². The monoisotopic (exact) mass is 445 g/mol. The van der Waals surface area contributed by atoms with Crippen molar-refractivity contribution in [2.75, 3.05) is 50.6 Å². The Hall–Kier alpha value is -4.00. The summed E-state index contributed by atoms with van der Waals surface area (Å²) >= 11 is 0. The number of amides is 2. The summed E-state index contributed by atoms with van der Waals surface area (Å²) in [6.45, 7) is 2.74. The van der Waals surface area contributed by atoms with Crippen molar-refractivity contribution >= 4 is 23.2 Å². The zero-order valence-corrected chi connectivity index (χ0v) is 18.8. The van der Waals surface area contributed by atoms with Crippen LogP contribution >= 0.6 is 0 Å². The van der Waals surface area contributed by atoms with Crippen molar-refractivity contribution in [2.24, 2.45) is 0 Å². The van der Waals surface area contributed by atoms with Gasteiger partial charge >= 0.3 is 0 Å². The number of rotatable bonds is 6. The first-order valence-electron chi connectivity index (χ1n) is 10.8. The quantitative estimate of drug-likeness (QED) is 0.623. The third kappa shape index (κ3) is 5.09. The largest absolute Gasteiger partial charge is 0.497 e. The van der Waals surface area contributed by atoms with Crippen LogP contribution in [0.15, 0.2) is 72.8 Å². The zero-order chi connectivity index (χ0) is 23.2. The summed E-state index contributed by atoms with van der Waals surface area (Å²) in [5, 5.41) is 2.88. The van der Waals surface area contributed by atoms with E-state index in [0.717, 1.165) is 18.8 Å². The molecule has 3 aromatic rings. The summed E-state index contributed by atoms with van der Waals surface area (Å²) in [6, 6.07) is 22.2. The molecule has 1 aliphatic heterocycles. The smallest absolute Gasteiger partial charge is 0.256 e. The molecule has 0 saturated carbocycles. The van der Waals surface area contributed by atoms with Crippen molar-refractivity contribution in [3.8, 4) is 11.5 Å². The minimum atomic E-state index is -0.346. The number of para-hydroxylation sites is 2. The summed E-state index contributed by atoms with van der Waals surface area (Å²) in [5.41, 5.74) is 2.48. The number of ether oxygens (including phenoxy) is 2. The van der Waals surface area contributed by atoms with E-state index in [9.17, 15) is 9.59 Å². The van der Waals surface area contributed by atoms with E-state index in [4.69, 9.17) is 9.47 Å². The fraction of sp³-hybridized carbons (Fsp3) is 0.231. The summed E-state index contributed by atoms with van der Waals surface area (Å²) in [6.07, 6.45) is 0. The number of methoxy groups -OCH3 is 2. The van der Waals surface area contributed by atoms with Gasteiger partial charge in [-0.25, -0.2) is 0 Å². The molecule has 0 unspecified atom stereocenters. The second kappa shape index (κ2) is 10.1. The summed E-state index contributed by atoms with van der Waals surface area (Å²) in [7, 11) is 3.06. The fourth-order valence-corrected chi connectivity index (χ4v) is 3.89. The Morgan fingerprint density at radius 1 is 0.788 bits per heavy atom. The van der Waals surface area contributed by atoms with Gasteiger partial charge in [-0.1, -0.05) is 30.3 Å². The summed E-state index contributed by atoms with van der Waals surface area (Å²) in [4.78, 5) is 30.4. The molecule has 0 atom stereocenters. The third-order valence-electron chi connectivity index (χ3n) is 5.71. The molecule has 33 heavy (non-hydrogen) atoms. The van der Waals surface area contributed by atoms with Gasteiger partial charge in [0.15, 0.2) is 0 Å². The van der Waals surface area contributed by atoms with E-state index in [2.05, 4.69) is 22.3 Å². The molecule has 7 nitrogen and oxygen atoms in total. The Morgan fingerprint density at radius 2 is 1.39 bits per heavy atom. The van der Waals surface area contributed by atoms with Crippen molar-refractivity contribution in [1.29, 1.82) is 0 Å². The van der Waals surface area contributed by atoms with Crippen molar-refractivity contribution in [1.82, 2.24) is 4.90 Å². The van der Waals surface area contributed by atoms with E-state index in [0.29, 0.717) is 41.4 Å². The Bertz CT molecular complexity index is 1100. The molecule has 4 rings (SSSR count). The van der Waals surface area contributed by atoms with Crippen LogP contribution in [0.3, 0.4) is 0 Å². The van der Waals surface area contributed by atoms with Crippen LogP contribution in [0.5, 0.6) is 11.5 Å². The minimum absolute atomic E-state index is 0.0955. The van der Waals surface area contributed by atoms with Gasteiger partial charge in [-0.15, -0.1) is 0 Å². The summed E-state index contributed by atoms with van der Waals surface area (Å²) < 4.78 is 10.5. The molecular weight excluding hydrogens is 418 g/mol. The highest BCUT2D eigenvalue weighted by atomic mass is 16.5. The Kier molecular flexibility index (Phi) is 6.78. The number of hydrogen-bond acceptors (Lipinski definition) is 5. The highest BCUT2D eigenvalue weighted by Gasteiger charge is 2.24. The standard InChI is InChI=1S/C26H27N3O4/c1-32-21-16-19(17-22(18-21)33-2)25(30)27-24-11-7-6-10-23(24)26(31)29-14-12-28(13-15-29)20-8-4-3-5-9-20/h3-11,16-18H,12-15H2,1-2H3,(H,27,30). The van der Waals surface area contributed by atoms with E-state index in [-0.39, 0.29) is 11.8 Å². The predicted molar refractivity (Wildman–Crippen MR) is 128 cm³/mol. The number of piperazine rings is 1. The first-order chi connectivity index (χ1) is 16.1. The topological polar surface area (TPSA) is 71.1 Å². The number of carbonyl (C=O) groups is 2. The Morgan fingerprint density at radius 3 is 2.03 bits per heavy atom. The maximum Gasteiger partial charge on any atom is 0.256 e. The average Bonchev–Trinajstić information content (AvgIpc) is 2.88. The molecule has 0 aliphatic carbocycles. The predicted octanol–water partition coefficient (Wildman–Crippen LogP) is 3.92. The molecule has 1 aliphatic rings. The summed E-state index contributed by atoms with van der Waals surface area (Å²) in [5.74, 6) is 0.587. The van der Waals surface area contributed by atoms with Crippen LogP contribution in [-0.4, -0.2) is 57.1 Å². The molecule has 170 valence electrons. The lowest BCUT2D eigenvalue weighted by Gasteiger charge is -2.36. The van der Waals surface area contributed by atoms with E-state index < -0.39 is 0 Å². The maximum absolute atomic E-state index is 13.3. The number of carbonyl (C=O) groups excluding carboxylic acids is 2. The highest BCUT2D eigenvalue weighted by molar-refractivity contribution is 6.09. The van der Waals surface area contributed by atoms with Crippen LogP contribution in [-0.2, 0) is 0 Å². The lowest BCUT2D eigenvalue weighted by molar-refractivity contribution is 0.0748. The van der Waals surface area contributed by atoms with Gasteiger partial charge in [-0.3, -0.25) is 9.59 Å². The minimum Gasteiger partial charge on any atom is -0.497 e. The van der Waals surface area contributed by atoms with Crippen LogP contribution in [0.4, 0.5) is 11.4 Å². The molecule has 1 heterocycles. The highest BCUT2D eigenvalue weighted by Crippen LogP contribution is 2.25. The van der Waals surface area contributed by atoms with E-state index in [1.807, 2.05) is 23.1 Å². The molecular formula is C26H27N3O4. The molecule has 3 aromatic carbocycles. The zero-order valence-electron chi connectivity index (χ0n) is 18.8. The normalized spacial score (nSPS) is 13.4. The number of nitrogens with zero attached hydrogens (tertiary/aromatic N) is 2. The number of benzene rings is 3. The molecule has 0 aromatic heterocycles. The molecule has 0 bridgehead atoms.